The standard InChI is InChI=1S/C18H18F4N4/c1-4-10(2)23-14-9-11(3)24-17-15(12-5-7-13(19)8-6-12)16(18(20,21)22)25-26(14)17/h5-10,23H,4H2,1-3H3. The summed E-state index contributed by atoms with van der Waals surface area (Å²) in [5, 5.41) is 6.95. The van der Waals surface area contributed by atoms with Crippen LogP contribution in [0.25, 0.3) is 16.8 Å². The van der Waals surface area contributed by atoms with Gasteiger partial charge in [-0.2, -0.15) is 22.8 Å². The zero-order chi connectivity index (χ0) is 19.1. The van der Waals surface area contributed by atoms with E-state index in [1.807, 2.05) is 13.8 Å². The topological polar surface area (TPSA) is 42.2 Å². The lowest BCUT2D eigenvalue weighted by Crippen LogP contribution is -2.17. The minimum atomic E-state index is -4.67. The van der Waals surface area contributed by atoms with Crippen molar-refractivity contribution >= 4 is 11.5 Å². The minimum Gasteiger partial charge on any atom is -0.367 e. The number of rotatable bonds is 4. The van der Waals surface area contributed by atoms with Crippen LogP contribution in [0, 0.1) is 12.7 Å². The fourth-order valence-electron chi connectivity index (χ4n) is 2.68. The Hall–Kier alpha value is -2.64. The summed E-state index contributed by atoms with van der Waals surface area (Å²) in [6.07, 6.45) is -3.87. The number of aryl methyl sites for hydroxylation is 1. The molecule has 1 unspecified atom stereocenters. The Morgan fingerprint density at radius 2 is 1.85 bits per heavy atom. The van der Waals surface area contributed by atoms with Crippen LogP contribution in [0.3, 0.4) is 0 Å². The first-order valence-electron chi connectivity index (χ1n) is 8.20. The molecule has 0 bridgehead atoms. The Bertz CT molecular complexity index is 929. The zero-order valence-corrected chi connectivity index (χ0v) is 14.5. The number of nitrogens with zero attached hydrogens (tertiary/aromatic N) is 3. The highest BCUT2D eigenvalue weighted by molar-refractivity contribution is 5.81. The van der Waals surface area contributed by atoms with Crippen LogP contribution >= 0.6 is 0 Å². The van der Waals surface area contributed by atoms with Crippen molar-refractivity contribution in [2.75, 3.05) is 5.32 Å². The van der Waals surface area contributed by atoms with Crippen LogP contribution in [0.2, 0.25) is 0 Å². The van der Waals surface area contributed by atoms with E-state index in [1.165, 1.54) is 16.6 Å². The molecule has 4 nitrogen and oxygen atoms in total. The second kappa shape index (κ2) is 6.59. The molecule has 2 heterocycles. The van der Waals surface area contributed by atoms with E-state index in [0.717, 1.165) is 18.6 Å². The molecule has 1 N–H and O–H groups in total. The van der Waals surface area contributed by atoms with Crippen molar-refractivity contribution in [3.8, 4) is 11.1 Å². The molecule has 26 heavy (non-hydrogen) atoms. The van der Waals surface area contributed by atoms with Gasteiger partial charge in [-0.05, 0) is 38.0 Å². The van der Waals surface area contributed by atoms with Gasteiger partial charge in [0.2, 0.25) is 0 Å². The number of nitrogens with one attached hydrogen (secondary N) is 1. The average molecular weight is 366 g/mol. The Balaban J connectivity index is 2.32. The summed E-state index contributed by atoms with van der Waals surface area (Å²) in [7, 11) is 0. The molecule has 0 radical (unpaired) electrons. The van der Waals surface area contributed by atoms with E-state index >= 15 is 0 Å². The summed E-state index contributed by atoms with van der Waals surface area (Å²) >= 11 is 0. The third-order valence-electron chi connectivity index (χ3n) is 4.13. The van der Waals surface area contributed by atoms with E-state index < -0.39 is 17.7 Å². The van der Waals surface area contributed by atoms with Crippen molar-refractivity contribution < 1.29 is 17.6 Å². The highest BCUT2D eigenvalue weighted by atomic mass is 19.4. The van der Waals surface area contributed by atoms with Gasteiger partial charge in [0, 0.05) is 17.8 Å². The van der Waals surface area contributed by atoms with Gasteiger partial charge in [-0.1, -0.05) is 19.1 Å². The van der Waals surface area contributed by atoms with Crippen LogP contribution in [0.4, 0.5) is 23.4 Å². The molecule has 3 aromatic rings. The quantitative estimate of drug-likeness (QED) is 0.655. The molecule has 0 aliphatic carbocycles. The number of fused-ring (bicyclic) bond motifs is 1. The molecule has 0 spiro atoms. The van der Waals surface area contributed by atoms with E-state index in [2.05, 4.69) is 15.4 Å². The Labute approximate surface area is 147 Å². The monoisotopic (exact) mass is 366 g/mol. The minimum absolute atomic E-state index is 0.0489. The van der Waals surface area contributed by atoms with Crippen LogP contribution in [0.5, 0.6) is 0 Å². The average Bonchev–Trinajstić information content (AvgIpc) is 2.95. The van der Waals surface area contributed by atoms with Gasteiger partial charge in [0.1, 0.15) is 11.6 Å². The van der Waals surface area contributed by atoms with Crippen molar-refractivity contribution in [1.82, 2.24) is 14.6 Å². The summed E-state index contributed by atoms with van der Waals surface area (Å²) in [5.74, 6) is -0.0947. The Kier molecular flexibility index (Phi) is 4.60. The molecule has 0 aliphatic rings. The number of anilines is 1. The zero-order valence-electron chi connectivity index (χ0n) is 14.5. The number of halogens is 4. The van der Waals surface area contributed by atoms with Crippen LogP contribution in [-0.4, -0.2) is 20.6 Å². The number of hydrogen-bond donors (Lipinski definition) is 1. The maximum Gasteiger partial charge on any atom is 0.435 e. The van der Waals surface area contributed by atoms with Gasteiger partial charge in [0.15, 0.2) is 11.3 Å². The van der Waals surface area contributed by atoms with Crippen LogP contribution in [0.15, 0.2) is 30.3 Å². The van der Waals surface area contributed by atoms with Gasteiger partial charge in [-0.15, -0.1) is 0 Å². The van der Waals surface area contributed by atoms with Gasteiger partial charge in [0.25, 0.3) is 0 Å². The van der Waals surface area contributed by atoms with Gasteiger partial charge in [-0.3, -0.25) is 0 Å². The van der Waals surface area contributed by atoms with E-state index in [4.69, 9.17) is 0 Å². The van der Waals surface area contributed by atoms with Crippen molar-refractivity contribution in [2.24, 2.45) is 0 Å². The van der Waals surface area contributed by atoms with E-state index in [1.54, 1.807) is 13.0 Å². The van der Waals surface area contributed by atoms with Crippen LogP contribution in [-0.2, 0) is 6.18 Å². The molecule has 8 heteroatoms. The second-order valence-electron chi connectivity index (χ2n) is 6.20. The number of benzene rings is 1. The highest BCUT2D eigenvalue weighted by Gasteiger charge is 2.39. The van der Waals surface area contributed by atoms with E-state index in [-0.39, 0.29) is 22.8 Å². The fraction of sp³-hybridized carbons (Fsp3) is 0.333. The molecule has 0 saturated heterocycles. The number of alkyl halides is 3. The highest BCUT2D eigenvalue weighted by Crippen LogP contribution is 2.39. The van der Waals surface area contributed by atoms with Crippen molar-refractivity contribution in [2.45, 2.75) is 39.4 Å². The summed E-state index contributed by atoms with van der Waals surface area (Å²) in [4.78, 5) is 4.27. The SMILES string of the molecule is CCC(C)Nc1cc(C)nc2c(-c3ccc(F)cc3)c(C(F)(F)F)nn12. The predicted octanol–water partition coefficient (Wildman–Crippen LogP) is 5.07. The maximum atomic E-state index is 13.6. The van der Waals surface area contributed by atoms with Crippen molar-refractivity contribution in [3.63, 3.8) is 0 Å². The first-order chi connectivity index (χ1) is 12.2. The lowest BCUT2D eigenvalue weighted by atomic mass is 10.1. The molecule has 1 aromatic carbocycles. The summed E-state index contributed by atoms with van der Waals surface area (Å²) < 4.78 is 55.2. The van der Waals surface area contributed by atoms with Gasteiger partial charge < -0.3 is 5.32 Å². The van der Waals surface area contributed by atoms with E-state index in [9.17, 15) is 17.6 Å². The molecule has 0 fully saturated rings. The van der Waals surface area contributed by atoms with Crippen molar-refractivity contribution in [1.29, 1.82) is 0 Å². The fourth-order valence-corrected chi connectivity index (χ4v) is 2.68. The molecule has 138 valence electrons. The third kappa shape index (κ3) is 3.36. The molecule has 3 rings (SSSR count). The van der Waals surface area contributed by atoms with Crippen LogP contribution in [0.1, 0.15) is 31.7 Å². The third-order valence-corrected chi connectivity index (χ3v) is 4.13. The van der Waals surface area contributed by atoms with Gasteiger partial charge in [-0.25, -0.2) is 9.37 Å². The molecular weight excluding hydrogens is 348 g/mol. The second-order valence-corrected chi connectivity index (χ2v) is 6.20. The molecule has 0 saturated carbocycles. The first-order valence-corrected chi connectivity index (χ1v) is 8.20. The predicted molar refractivity (Wildman–Crippen MR) is 91.5 cm³/mol. The lowest BCUT2D eigenvalue weighted by Gasteiger charge is -2.14. The molecular formula is C18H18F4N4. The number of hydrogen-bond acceptors (Lipinski definition) is 3. The molecule has 1 atom stereocenters. The van der Waals surface area contributed by atoms with Gasteiger partial charge in [0.05, 0.1) is 5.56 Å². The summed E-state index contributed by atoms with van der Waals surface area (Å²) in [5.41, 5.74) is -0.362. The maximum absolute atomic E-state index is 13.6. The van der Waals surface area contributed by atoms with Crippen molar-refractivity contribution in [3.05, 3.63) is 47.5 Å². The summed E-state index contributed by atoms with van der Waals surface area (Å²) in [6.45, 7) is 5.60. The van der Waals surface area contributed by atoms with Gasteiger partial charge >= 0.3 is 6.18 Å². The Morgan fingerprint density at radius 3 is 2.42 bits per heavy atom. The Morgan fingerprint density at radius 1 is 1.19 bits per heavy atom. The molecule has 2 aromatic heterocycles. The first kappa shape index (κ1) is 18.2. The largest absolute Gasteiger partial charge is 0.435 e. The van der Waals surface area contributed by atoms with Crippen LogP contribution < -0.4 is 5.32 Å². The van der Waals surface area contributed by atoms with E-state index in [0.29, 0.717) is 11.5 Å². The number of aromatic nitrogens is 3. The lowest BCUT2D eigenvalue weighted by molar-refractivity contribution is -0.140. The molecule has 0 amide bonds. The summed E-state index contributed by atoms with van der Waals surface area (Å²) in [6, 6.07) is 6.54. The smallest absolute Gasteiger partial charge is 0.367 e. The normalized spacial score (nSPS) is 13.2. The molecule has 0 aliphatic heterocycles.